The number of carboxylic acids is 2. The van der Waals surface area contributed by atoms with Crippen LogP contribution in [0.4, 0.5) is 11.4 Å². The Bertz CT molecular complexity index is 1620. The van der Waals surface area contributed by atoms with Gasteiger partial charge >= 0.3 is 11.9 Å². The van der Waals surface area contributed by atoms with Gasteiger partial charge in [-0.1, -0.05) is 26.8 Å². The van der Waals surface area contributed by atoms with E-state index in [1.165, 1.54) is 11.8 Å². The summed E-state index contributed by atoms with van der Waals surface area (Å²) in [6.07, 6.45) is 1.94. The Morgan fingerprint density at radius 1 is 1.02 bits per heavy atom. The quantitative estimate of drug-likeness (QED) is 0.0726. The molecule has 0 saturated heterocycles. The van der Waals surface area contributed by atoms with E-state index in [1.807, 2.05) is 20.8 Å². The lowest BCUT2D eigenvalue weighted by Gasteiger charge is -2.25. The number of amides is 3. The van der Waals surface area contributed by atoms with Gasteiger partial charge in [0.05, 0.1) is 7.11 Å². The van der Waals surface area contributed by atoms with Crippen LogP contribution in [0.3, 0.4) is 0 Å². The molecule has 0 bridgehead atoms. The lowest BCUT2D eigenvalue weighted by atomic mass is 9.92. The van der Waals surface area contributed by atoms with Crippen LogP contribution in [-0.2, 0) is 30.5 Å². The Balaban J connectivity index is 1.67. The lowest BCUT2D eigenvalue weighted by Crippen LogP contribution is -2.47. The molecule has 3 amide bonds. The number of nitrogens with one attached hydrogen (secondary N) is 4. The second kappa shape index (κ2) is 17.2. The number of nitriles is 1. The fourth-order valence-electron chi connectivity index (χ4n) is 5.00. The molecule has 0 saturated carbocycles. The predicted octanol–water partition coefficient (Wildman–Crippen LogP) is 3.16. The summed E-state index contributed by atoms with van der Waals surface area (Å²) in [7, 11) is 1.55. The van der Waals surface area contributed by atoms with E-state index in [2.05, 4.69) is 26.3 Å². The highest BCUT2D eigenvalue weighted by atomic mass is 32.2. The molecule has 0 aliphatic carbocycles. The predicted molar refractivity (Wildman–Crippen MR) is 184 cm³/mol. The van der Waals surface area contributed by atoms with Crippen LogP contribution in [0.5, 0.6) is 5.75 Å². The Hall–Kier alpha value is -5.30. The van der Waals surface area contributed by atoms with E-state index in [1.54, 1.807) is 55.8 Å². The number of methoxy groups -OCH3 is 1. The van der Waals surface area contributed by atoms with Gasteiger partial charge in [-0.15, -0.1) is 4.99 Å². The highest BCUT2D eigenvalue weighted by Gasteiger charge is 2.39. The van der Waals surface area contributed by atoms with Crippen molar-refractivity contribution in [3.8, 4) is 11.9 Å². The zero-order valence-electron chi connectivity index (χ0n) is 27.9. The minimum atomic E-state index is -1.33. The first kappa shape index (κ1) is 38.2. The summed E-state index contributed by atoms with van der Waals surface area (Å²) in [5.41, 5.74) is 1.98. The number of carbonyl (C=O) groups excluding carboxylic acids is 3. The molecule has 15 nitrogen and oxygen atoms in total. The number of hydrogen-bond donors (Lipinski definition) is 6. The number of benzene rings is 2. The van der Waals surface area contributed by atoms with Crippen LogP contribution >= 0.6 is 11.8 Å². The van der Waals surface area contributed by atoms with Crippen LogP contribution in [0.25, 0.3) is 0 Å². The van der Waals surface area contributed by atoms with Crippen molar-refractivity contribution in [2.45, 2.75) is 65.2 Å². The fraction of sp³-hybridized carbons (Fsp3) is 0.424. The number of guanidine groups is 1. The summed E-state index contributed by atoms with van der Waals surface area (Å²) in [5.74, 6) is -3.05. The molecule has 3 unspecified atom stereocenters. The second-order valence-electron chi connectivity index (χ2n) is 12.5. The zero-order chi connectivity index (χ0) is 36.3. The molecular formula is C33H41N7O8S. The van der Waals surface area contributed by atoms with E-state index in [9.17, 15) is 39.4 Å². The molecule has 3 atom stereocenters. The number of anilines is 2. The van der Waals surface area contributed by atoms with Crippen LogP contribution in [0.15, 0.2) is 47.5 Å². The summed E-state index contributed by atoms with van der Waals surface area (Å²) in [6.45, 7) is 6.98. The molecule has 0 radical (unpaired) electrons. The van der Waals surface area contributed by atoms with Gasteiger partial charge in [0.25, 0.3) is 0 Å². The number of thioether (sulfide) groups is 1. The second-order valence-corrected chi connectivity index (χ2v) is 13.6. The standard InChI is InChI=1S/C33H41N7O8S/c1-19(41)40-16-20-14-22(37-32(35-18-34)36-21-6-9-23(48-5)10-7-21)8-11-24(20)28(40)29(43)39-26(31(46)47)17-49-13-12-25(30(44)45)38-27(42)15-33(2,3)4/h6-11,14,25-26,28H,12-13,15-17H2,1-5H3,(H,38,42)(H,39,43)(H,44,45)(H,46,47)(H2,35,36,37). The average Bonchev–Trinajstić information content (AvgIpc) is 3.40. The summed E-state index contributed by atoms with van der Waals surface area (Å²) in [4.78, 5) is 67.2. The molecule has 0 spiro atoms. The largest absolute Gasteiger partial charge is 0.497 e. The third kappa shape index (κ3) is 11.4. The molecule has 6 N–H and O–H groups in total. The number of carboxylic acid groups (broad SMARTS) is 2. The van der Waals surface area contributed by atoms with Crippen LogP contribution in [-0.4, -0.2) is 81.4 Å². The van der Waals surface area contributed by atoms with Gasteiger partial charge < -0.3 is 41.1 Å². The maximum Gasteiger partial charge on any atom is 0.327 e. The molecule has 2 aromatic rings. The number of aliphatic imine (C=N–C) groups is 1. The third-order valence-corrected chi connectivity index (χ3v) is 8.39. The number of hydrogen-bond acceptors (Lipinski definition) is 9. The van der Waals surface area contributed by atoms with Crippen molar-refractivity contribution < 1.29 is 38.9 Å². The number of ether oxygens (including phenoxy) is 1. The van der Waals surface area contributed by atoms with Gasteiger partial charge in [-0.05, 0) is 65.1 Å². The summed E-state index contributed by atoms with van der Waals surface area (Å²) in [5, 5.41) is 39.6. The number of fused-ring (bicyclic) bond motifs is 1. The van der Waals surface area contributed by atoms with E-state index in [-0.39, 0.29) is 42.3 Å². The van der Waals surface area contributed by atoms with Gasteiger partial charge in [-0.25, -0.2) is 9.59 Å². The number of aliphatic carboxylic acids is 2. The first-order chi connectivity index (χ1) is 23.1. The molecule has 2 aromatic carbocycles. The molecule has 262 valence electrons. The van der Waals surface area contributed by atoms with Gasteiger partial charge in [0, 0.05) is 37.0 Å². The van der Waals surface area contributed by atoms with Crippen LogP contribution < -0.4 is 26.0 Å². The topological polar surface area (TPSA) is 223 Å². The van der Waals surface area contributed by atoms with Crippen LogP contribution in [0.1, 0.15) is 57.7 Å². The van der Waals surface area contributed by atoms with E-state index < -0.39 is 47.8 Å². The SMILES string of the molecule is COc1ccc(NC(=NC#N)Nc2ccc3c(c2)CN(C(C)=O)C3C(=O)NC(CSCCC(NC(=O)CC(C)(C)C)C(=O)O)C(=O)O)cc1. The number of rotatable bonds is 14. The minimum Gasteiger partial charge on any atom is -0.497 e. The number of nitrogens with zero attached hydrogens (tertiary/aromatic N) is 3. The van der Waals surface area contributed by atoms with Crippen LogP contribution in [0, 0.1) is 16.9 Å². The maximum absolute atomic E-state index is 13.5. The number of carbonyl (C=O) groups is 5. The molecule has 0 aromatic heterocycles. The highest BCUT2D eigenvalue weighted by molar-refractivity contribution is 7.99. The first-order valence-corrected chi connectivity index (χ1v) is 16.4. The highest BCUT2D eigenvalue weighted by Crippen LogP contribution is 2.36. The van der Waals surface area contributed by atoms with Crippen molar-refractivity contribution in [2.24, 2.45) is 10.4 Å². The Kier molecular flexibility index (Phi) is 13.4. The monoisotopic (exact) mass is 695 g/mol. The molecular weight excluding hydrogens is 654 g/mol. The Morgan fingerprint density at radius 2 is 1.65 bits per heavy atom. The van der Waals surface area contributed by atoms with Crippen molar-refractivity contribution in [2.75, 3.05) is 29.2 Å². The van der Waals surface area contributed by atoms with E-state index in [4.69, 9.17) is 4.74 Å². The van der Waals surface area contributed by atoms with Gasteiger partial charge in [0.1, 0.15) is 23.9 Å². The van der Waals surface area contributed by atoms with E-state index in [0.717, 1.165) is 11.8 Å². The third-order valence-electron chi connectivity index (χ3n) is 7.29. The van der Waals surface area contributed by atoms with Gasteiger partial charge in [0.2, 0.25) is 29.9 Å². The van der Waals surface area contributed by atoms with Crippen molar-refractivity contribution >= 4 is 58.8 Å². The van der Waals surface area contributed by atoms with E-state index >= 15 is 0 Å². The molecule has 1 aliphatic rings. The molecule has 1 heterocycles. The summed E-state index contributed by atoms with van der Waals surface area (Å²) < 4.78 is 5.16. The normalized spacial score (nSPS) is 15.2. The summed E-state index contributed by atoms with van der Waals surface area (Å²) in [6, 6.07) is 8.41. The maximum atomic E-state index is 13.5. The zero-order valence-corrected chi connectivity index (χ0v) is 28.7. The van der Waals surface area contributed by atoms with Crippen molar-refractivity contribution in [3.05, 3.63) is 53.6 Å². The first-order valence-electron chi connectivity index (χ1n) is 15.3. The van der Waals surface area contributed by atoms with Gasteiger partial charge in [-0.3, -0.25) is 14.4 Å². The molecule has 0 fully saturated rings. The minimum absolute atomic E-state index is 0.0526. The Morgan fingerprint density at radius 3 is 2.22 bits per heavy atom. The summed E-state index contributed by atoms with van der Waals surface area (Å²) >= 11 is 1.12. The average molecular weight is 696 g/mol. The molecule has 16 heteroatoms. The smallest absolute Gasteiger partial charge is 0.327 e. The van der Waals surface area contributed by atoms with E-state index in [0.29, 0.717) is 28.3 Å². The molecule has 1 aliphatic heterocycles. The lowest BCUT2D eigenvalue weighted by molar-refractivity contribution is -0.143. The fourth-order valence-corrected chi connectivity index (χ4v) is 6.03. The van der Waals surface area contributed by atoms with Crippen LogP contribution in [0.2, 0.25) is 0 Å². The van der Waals surface area contributed by atoms with Crippen molar-refractivity contribution in [3.63, 3.8) is 0 Å². The van der Waals surface area contributed by atoms with Gasteiger partial charge in [-0.2, -0.15) is 17.0 Å². The van der Waals surface area contributed by atoms with Crippen molar-refractivity contribution in [1.82, 2.24) is 15.5 Å². The van der Waals surface area contributed by atoms with Gasteiger partial charge in [0.15, 0.2) is 0 Å². The Labute approximate surface area is 288 Å². The molecule has 49 heavy (non-hydrogen) atoms. The van der Waals surface area contributed by atoms with Crippen molar-refractivity contribution in [1.29, 1.82) is 5.26 Å². The molecule has 3 rings (SSSR count).